The van der Waals surface area contributed by atoms with Crippen molar-refractivity contribution in [3.05, 3.63) is 95.3 Å². The molecule has 3 rings (SSSR count). The average Bonchev–Trinajstić information content (AvgIpc) is 2.81. The van der Waals surface area contributed by atoms with Gasteiger partial charge in [-0.15, -0.1) is 0 Å². The summed E-state index contributed by atoms with van der Waals surface area (Å²) in [6.45, 7) is 2.04. The van der Waals surface area contributed by atoms with Crippen molar-refractivity contribution < 1.29 is 22.3 Å². The van der Waals surface area contributed by atoms with Crippen molar-refractivity contribution in [1.29, 1.82) is 0 Å². The van der Waals surface area contributed by atoms with Crippen molar-refractivity contribution in [3.63, 3.8) is 0 Å². The highest BCUT2D eigenvalue weighted by atomic mass is 32.2. The van der Waals surface area contributed by atoms with Crippen LogP contribution in [0.5, 0.6) is 5.75 Å². The fraction of sp³-hybridized carbons (Fsp3) is 0.240. The molecule has 0 saturated heterocycles. The SMILES string of the molecule is CCC(NC(=O)c1ccc(N(Cc2ccc(F)cc2)S(C)(=O)=O)cc1)c1ccc(OC)cc1. The van der Waals surface area contributed by atoms with Crippen LogP contribution < -0.4 is 14.4 Å². The van der Waals surface area contributed by atoms with E-state index in [1.807, 2.05) is 31.2 Å². The molecule has 0 fully saturated rings. The molecule has 0 heterocycles. The summed E-state index contributed by atoms with van der Waals surface area (Å²) in [4.78, 5) is 12.8. The second-order valence-electron chi connectivity index (χ2n) is 7.65. The summed E-state index contributed by atoms with van der Waals surface area (Å²) in [5.41, 5.74) is 2.45. The summed E-state index contributed by atoms with van der Waals surface area (Å²) in [6.07, 6.45) is 1.81. The highest BCUT2D eigenvalue weighted by Crippen LogP contribution is 2.23. The number of hydrogen-bond donors (Lipinski definition) is 1. The Bertz CT molecular complexity index is 1180. The van der Waals surface area contributed by atoms with E-state index in [1.54, 1.807) is 43.5 Å². The van der Waals surface area contributed by atoms with Crippen molar-refractivity contribution >= 4 is 21.6 Å². The third-order valence-corrected chi connectivity index (χ3v) is 6.43. The molecule has 1 N–H and O–H groups in total. The maximum absolute atomic E-state index is 13.2. The van der Waals surface area contributed by atoms with Gasteiger partial charge in [0.25, 0.3) is 5.91 Å². The Kier molecular flexibility index (Phi) is 7.71. The minimum Gasteiger partial charge on any atom is -0.497 e. The average molecular weight is 471 g/mol. The molecule has 8 heteroatoms. The van der Waals surface area contributed by atoms with Gasteiger partial charge in [-0.1, -0.05) is 31.2 Å². The van der Waals surface area contributed by atoms with E-state index in [9.17, 15) is 17.6 Å². The van der Waals surface area contributed by atoms with Crippen LogP contribution in [0.1, 0.15) is 40.9 Å². The van der Waals surface area contributed by atoms with Crippen LogP contribution in [-0.4, -0.2) is 27.7 Å². The largest absolute Gasteiger partial charge is 0.497 e. The lowest BCUT2D eigenvalue weighted by molar-refractivity contribution is 0.0935. The molecule has 174 valence electrons. The monoisotopic (exact) mass is 470 g/mol. The van der Waals surface area contributed by atoms with Crippen LogP contribution >= 0.6 is 0 Å². The fourth-order valence-electron chi connectivity index (χ4n) is 3.43. The first-order chi connectivity index (χ1) is 15.7. The fourth-order valence-corrected chi connectivity index (χ4v) is 4.32. The molecule has 1 unspecified atom stereocenters. The number of carbonyl (C=O) groups is 1. The standard InChI is InChI=1S/C25H27FN2O4S/c1-4-24(19-9-15-23(32-2)16-10-19)27-25(29)20-7-13-22(14-8-20)28(33(3,30)31)17-18-5-11-21(26)12-6-18/h5-16,24H,4,17H2,1-3H3,(H,27,29). The van der Waals surface area contributed by atoms with Crippen LogP contribution in [0, 0.1) is 5.82 Å². The van der Waals surface area contributed by atoms with Gasteiger partial charge in [0.05, 0.1) is 31.6 Å². The number of sulfonamides is 1. The number of halogens is 1. The van der Waals surface area contributed by atoms with Gasteiger partial charge in [-0.3, -0.25) is 9.10 Å². The molecule has 0 bridgehead atoms. The summed E-state index contributed by atoms with van der Waals surface area (Å²) in [5, 5.41) is 3.01. The Labute approximate surface area is 194 Å². The molecular weight excluding hydrogens is 443 g/mol. The number of hydrogen-bond acceptors (Lipinski definition) is 4. The second kappa shape index (κ2) is 10.5. The summed E-state index contributed by atoms with van der Waals surface area (Å²) in [7, 11) is -2.00. The van der Waals surface area contributed by atoms with Gasteiger partial charge in [-0.2, -0.15) is 0 Å². The van der Waals surface area contributed by atoms with Crippen LogP contribution in [0.3, 0.4) is 0 Å². The van der Waals surface area contributed by atoms with Crippen molar-refractivity contribution in [2.75, 3.05) is 17.7 Å². The molecule has 0 aliphatic heterocycles. The number of nitrogens with one attached hydrogen (secondary N) is 1. The van der Waals surface area contributed by atoms with E-state index < -0.39 is 10.0 Å². The Morgan fingerprint density at radius 3 is 2.12 bits per heavy atom. The van der Waals surface area contributed by atoms with Gasteiger partial charge in [-0.25, -0.2) is 12.8 Å². The van der Waals surface area contributed by atoms with E-state index in [0.717, 1.165) is 17.6 Å². The maximum atomic E-state index is 13.2. The summed E-state index contributed by atoms with van der Waals surface area (Å²) in [5.74, 6) is 0.0975. The van der Waals surface area contributed by atoms with E-state index in [2.05, 4.69) is 5.32 Å². The molecule has 0 spiro atoms. The summed E-state index contributed by atoms with van der Waals surface area (Å²) >= 11 is 0. The molecule has 3 aromatic rings. The van der Waals surface area contributed by atoms with Gasteiger partial charge >= 0.3 is 0 Å². The third-order valence-electron chi connectivity index (χ3n) is 5.29. The van der Waals surface area contributed by atoms with Crippen molar-refractivity contribution in [1.82, 2.24) is 5.32 Å². The normalized spacial score (nSPS) is 12.1. The molecular formula is C25H27FN2O4S. The Balaban J connectivity index is 1.76. The highest BCUT2D eigenvalue weighted by molar-refractivity contribution is 7.92. The molecule has 1 atom stereocenters. The number of rotatable bonds is 9. The predicted octanol–water partition coefficient (Wildman–Crippen LogP) is 4.68. The molecule has 3 aromatic carbocycles. The zero-order valence-corrected chi connectivity index (χ0v) is 19.6. The predicted molar refractivity (Wildman–Crippen MR) is 127 cm³/mol. The maximum Gasteiger partial charge on any atom is 0.251 e. The van der Waals surface area contributed by atoms with E-state index in [4.69, 9.17) is 4.74 Å². The number of ether oxygens (including phenoxy) is 1. The molecule has 0 aliphatic carbocycles. The van der Waals surface area contributed by atoms with Gasteiger partial charge in [0.15, 0.2) is 0 Å². The lowest BCUT2D eigenvalue weighted by Gasteiger charge is -2.23. The number of anilines is 1. The van der Waals surface area contributed by atoms with Gasteiger partial charge in [0.1, 0.15) is 11.6 Å². The van der Waals surface area contributed by atoms with Crippen molar-refractivity contribution in [2.45, 2.75) is 25.9 Å². The van der Waals surface area contributed by atoms with Crippen LogP contribution in [0.4, 0.5) is 10.1 Å². The zero-order chi connectivity index (χ0) is 24.0. The minimum absolute atomic E-state index is 0.0556. The van der Waals surface area contributed by atoms with Crippen LogP contribution in [0.15, 0.2) is 72.8 Å². The lowest BCUT2D eigenvalue weighted by atomic mass is 10.0. The molecule has 0 radical (unpaired) electrons. The number of amides is 1. The van der Waals surface area contributed by atoms with E-state index in [0.29, 0.717) is 23.2 Å². The summed E-state index contributed by atoms with van der Waals surface area (Å²) < 4.78 is 44.3. The Morgan fingerprint density at radius 2 is 1.61 bits per heavy atom. The summed E-state index contributed by atoms with van der Waals surface area (Å²) in [6, 6.07) is 19.4. The first kappa shape index (κ1) is 24.3. The van der Waals surface area contributed by atoms with E-state index in [-0.39, 0.29) is 24.3 Å². The highest BCUT2D eigenvalue weighted by Gasteiger charge is 2.19. The minimum atomic E-state index is -3.60. The molecule has 33 heavy (non-hydrogen) atoms. The topological polar surface area (TPSA) is 75.7 Å². The number of methoxy groups -OCH3 is 1. The quantitative estimate of drug-likeness (QED) is 0.493. The first-order valence-electron chi connectivity index (χ1n) is 10.5. The van der Waals surface area contributed by atoms with Crippen LogP contribution in [0.25, 0.3) is 0 Å². The van der Waals surface area contributed by atoms with Gasteiger partial charge in [0, 0.05) is 5.56 Å². The lowest BCUT2D eigenvalue weighted by Crippen LogP contribution is -2.30. The van der Waals surface area contributed by atoms with Crippen molar-refractivity contribution in [3.8, 4) is 5.75 Å². The van der Waals surface area contributed by atoms with E-state index in [1.165, 1.54) is 16.4 Å². The molecule has 6 nitrogen and oxygen atoms in total. The van der Waals surface area contributed by atoms with Gasteiger partial charge in [-0.05, 0) is 66.1 Å². The molecule has 1 amide bonds. The number of benzene rings is 3. The molecule has 0 aromatic heterocycles. The van der Waals surface area contributed by atoms with Crippen LogP contribution in [-0.2, 0) is 16.6 Å². The Morgan fingerprint density at radius 1 is 1.00 bits per heavy atom. The molecule has 0 saturated carbocycles. The van der Waals surface area contributed by atoms with Crippen molar-refractivity contribution in [2.24, 2.45) is 0 Å². The van der Waals surface area contributed by atoms with E-state index >= 15 is 0 Å². The van der Waals surface area contributed by atoms with Gasteiger partial charge < -0.3 is 10.1 Å². The number of nitrogens with zero attached hydrogens (tertiary/aromatic N) is 1. The number of carbonyl (C=O) groups excluding carboxylic acids is 1. The first-order valence-corrected chi connectivity index (χ1v) is 12.3. The smallest absolute Gasteiger partial charge is 0.251 e. The second-order valence-corrected chi connectivity index (χ2v) is 9.56. The van der Waals surface area contributed by atoms with Gasteiger partial charge in [0.2, 0.25) is 10.0 Å². The van der Waals surface area contributed by atoms with Crippen LogP contribution in [0.2, 0.25) is 0 Å². The third kappa shape index (κ3) is 6.32. The Hall–Kier alpha value is -3.39. The molecule has 0 aliphatic rings. The zero-order valence-electron chi connectivity index (χ0n) is 18.8.